The molecule has 2 aromatic rings. The van der Waals surface area contributed by atoms with E-state index < -0.39 is 0 Å². The molecule has 0 aliphatic rings. The van der Waals surface area contributed by atoms with E-state index in [1.807, 2.05) is 43.7 Å². The van der Waals surface area contributed by atoms with E-state index in [0.717, 1.165) is 44.0 Å². The smallest absolute Gasteiger partial charge is 0.119 e. The van der Waals surface area contributed by atoms with Crippen LogP contribution in [0.15, 0.2) is 42.9 Å². The summed E-state index contributed by atoms with van der Waals surface area (Å²) >= 11 is 0. The second kappa shape index (κ2) is 7.59. The molecule has 0 unspecified atom stereocenters. The van der Waals surface area contributed by atoms with Crippen LogP contribution in [0.3, 0.4) is 0 Å². The maximum atomic E-state index is 5.66. The van der Waals surface area contributed by atoms with E-state index >= 15 is 0 Å². The maximum Gasteiger partial charge on any atom is 0.119 e. The number of aryl methyl sites for hydroxylation is 1. The van der Waals surface area contributed by atoms with Crippen molar-refractivity contribution in [2.24, 2.45) is 0 Å². The summed E-state index contributed by atoms with van der Waals surface area (Å²) in [4.78, 5) is 4.37. The molecule has 4 nitrogen and oxygen atoms in total. The molecule has 0 fully saturated rings. The Labute approximate surface area is 114 Å². The fourth-order valence-electron chi connectivity index (χ4n) is 1.86. The molecule has 4 heteroatoms. The van der Waals surface area contributed by atoms with Crippen molar-refractivity contribution >= 4 is 0 Å². The van der Waals surface area contributed by atoms with E-state index in [4.69, 9.17) is 4.74 Å². The molecule has 1 N–H and O–H groups in total. The Hall–Kier alpha value is -1.81. The quantitative estimate of drug-likeness (QED) is 0.738. The van der Waals surface area contributed by atoms with Gasteiger partial charge in [0.05, 0.1) is 18.6 Å². The summed E-state index contributed by atoms with van der Waals surface area (Å²) in [6, 6.07) is 9.92. The number of aromatic nitrogens is 2. The highest BCUT2D eigenvalue weighted by Crippen LogP contribution is 2.08. The largest absolute Gasteiger partial charge is 0.494 e. The number of likely N-dealkylation sites (N-methyl/N-ethyl adjacent to an activating group) is 1. The Bertz CT molecular complexity index is 467. The normalized spacial score (nSPS) is 10.6. The van der Waals surface area contributed by atoms with Crippen LogP contribution in [0.1, 0.15) is 12.1 Å². The number of imidazole rings is 1. The Morgan fingerprint density at radius 2 is 2.11 bits per heavy atom. The first kappa shape index (κ1) is 13.6. The van der Waals surface area contributed by atoms with Crippen LogP contribution in [-0.4, -0.2) is 29.8 Å². The molecule has 1 aromatic carbocycles. The summed E-state index contributed by atoms with van der Waals surface area (Å²) < 4.78 is 7.78. The minimum absolute atomic E-state index is 0.730. The standard InChI is InChI=1S/C15H21N3O/c1-16-9-8-14-12-18(13-17-14)10-5-11-19-15-6-3-2-4-7-15/h2-4,6-7,12-13,16H,5,8-11H2,1H3. The first-order valence-electron chi connectivity index (χ1n) is 6.71. The average molecular weight is 259 g/mol. The molecule has 0 saturated carbocycles. The van der Waals surface area contributed by atoms with Gasteiger partial charge in [-0.3, -0.25) is 0 Å². The molecule has 0 spiro atoms. The van der Waals surface area contributed by atoms with Crippen LogP contribution in [0.25, 0.3) is 0 Å². The van der Waals surface area contributed by atoms with Gasteiger partial charge in [-0.1, -0.05) is 18.2 Å². The van der Waals surface area contributed by atoms with E-state index in [9.17, 15) is 0 Å². The van der Waals surface area contributed by atoms with Gasteiger partial charge in [0.25, 0.3) is 0 Å². The zero-order valence-corrected chi connectivity index (χ0v) is 11.4. The predicted octanol–water partition coefficient (Wildman–Crippen LogP) is 2.11. The third-order valence-electron chi connectivity index (χ3n) is 2.89. The summed E-state index contributed by atoms with van der Waals surface area (Å²) in [5.41, 5.74) is 1.14. The van der Waals surface area contributed by atoms with Crippen molar-refractivity contribution in [3.8, 4) is 5.75 Å². The lowest BCUT2D eigenvalue weighted by Gasteiger charge is -2.06. The number of para-hydroxylation sites is 1. The van der Waals surface area contributed by atoms with Gasteiger partial charge in [0.2, 0.25) is 0 Å². The number of hydrogen-bond donors (Lipinski definition) is 1. The topological polar surface area (TPSA) is 39.1 Å². The molecule has 0 radical (unpaired) electrons. The van der Waals surface area contributed by atoms with Gasteiger partial charge in [-0.15, -0.1) is 0 Å². The van der Waals surface area contributed by atoms with Crippen LogP contribution in [0.5, 0.6) is 5.75 Å². The van der Waals surface area contributed by atoms with Crippen LogP contribution < -0.4 is 10.1 Å². The molecule has 0 amide bonds. The van der Waals surface area contributed by atoms with Crippen molar-refractivity contribution in [1.82, 2.24) is 14.9 Å². The van der Waals surface area contributed by atoms with Crippen molar-refractivity contribution in [2.45, 2.75) is 19.4 Å². The highest BCUT2D eigenvalue weighted by atomic mass is 16.5. The van der Waals surface area contributed by atoms with Crippen LogP contribution in [0.4, 0.5) is 0 Å². The fraction of sp³-hybridized carbons (Fsp3) is 0.400. The number of nitrogens with zero attached hydrogens (tertiary/aromatic N) is 2. The number of rotatable bonds is 8. The zero-order chi connectivity index (χ0) is 13.3. The van der Waals surface area contributed by atoms with Gasteiger partial charge in [-0.2, -0.15) is 0 Å². The Morgan fingerprint density at radius 1 is 1.26 bits per heavy atom. The zero-order valence-electron chi connectivity index (χ0n) is 11.4. The molecule has 1 aromatic heterocycles. The van der Waals surface area contributed by atoms with Crippen molar-refractivity contribution in [3.05, 3.63) is 48.5 Å². The first-order chi connectivity index (χ1) is 9.38. The molecule has 1 heterocycles. The van der Waals surface area contributed by atoms with Crippen molar-refractivity contribution in [2.75, 3.05) is 20.2 Å². The SMILES string of the molecule is CNCCc1cn(CCCOc2ccccc2)cn1. The molecule has 0 aliphatic heterocycles. The van der Waals surface area contributed by atoms with Gasteiger partial charge in [0.15, 0.2) is 0 Å². The summed E-state index contributed by atoms with van der Waals surface area (Å²) in [5, 5.41) is 3.13. The number of nitrogens with one attached hydrogen (secondary N) is 1. The molecule has 19 heavy (non-hydrogen) atoms. The van der Waals surface area contributed by atoms with Gasteiger partial charge in [0.1, 0.15) is 5.75 Å². The van der Waals surface area contributed by atoms with E-state index in [0.29, 0.717) is 0 Å². The van der Waals surface area contributed by atoms with Crippen molar-refractivity contribution in [3.63, 3.8) is 0 Å². The molecular formula is C15H21N3O. The lowest BCUT2D eigenvalue weighted by Crippen LogP contribution is -2.10. The lowest BCUT2D eigenvalue weighted by molar-refractivity contribution is 0.302. The van der Waals surface area contributed by atoms with Crippen LogP contribution >= 0.6 is 0 Å². The van der Waals surface area contributed by atoms with Gasteiger partial charge in [0, 0.05) is 25.7 Å². The second-order valence-corrected chi connectivity index (χ2v) is 4.47. The minimum Gasteiger partial charge on any atom is -0.494 e. The average Bonchev–Trinajstić information content (AvgIpc) is 2.90. The summed E-state index contributed by atoms with van der Waals surface area (Å²) in [6.07, 6.45) is 5.97. The van der Waals surface area contributed by atoms with Crippen molar-refractivity contribution in [1.29, 1.82) is 0 Å². The third-order valence-corrected chi connectivity index (χ3v) is 2.89. The van der Waals surface area contributed by atoms with Gasteiger partial charge in [-0.25, -0.2) is 4.98 Å². The summed E-state index contributed by atoms with van der Waals surface area (Å²) in [6.45, 7) is 2.64. The second-order valence-electron chi connectivity index (χ2n) is 4.47. The lowest BCUT2D eigenvalue weighted by atomic mass is 10.3. The van der Waals surface area contributed by atoms with Gasteiger partial charge >= 0.3 is 0 Å². The third kappa shape index (κ3) is 4.75. The molecule has 0 atom stereocenters. The first-order valence-corrected chi connectivity index (χ1v) is 6.71. The van der Waals surface area contributed by atoms with Gasteiger partial charge in [-0.05, 0) is 25.6 Å². The molecule has 0 saturated heterocycles. The van der Waals surface area contributed by atoms with Gasteiger partial charge < -0.3 is 14.6 Å². The van der Waals surface area contributed by atoms with E-state index in [-0.39, 0.29) is 0 Å². The summed E-state index contributed by atoms with van der Waals surface area (Å²) in [7, 11) is 1.96. The number of ether oxygens (including phenoxy) is 1. The van der Waals surface area contributed by atoms with E-state index in [1.165, 1.54) is 0 Å². The maximum absolute atomic E-state index is 5.66. The van der Waals surface area contributed by atoms with Crippen LogP contribution in [0, 0.1) is 0 Å². The monoisotopic (exact) mass is 259 g/mol. The summed E-state index contributed by atoms with van der Waals surface area (Å²) in [5.74, 6) is 0.933. The fourth-order valence-corrected chi connectivity index (χ4v) is 1.86. The molecule has 0 aliphatic carbocycles. The number of benzene rings is 1. The Kier molecular flexibility index (Phi) is 5.44. The van der Waals surface area contributed by atoms with Crippen LogP contribution in [0.2, 0.25) is 0 Å². The molecule has 102 valence electrons. The van der Waals surface area contributed by atoms with E-state index in [1.54, 1.807) is 0 Å². The predicted molar refractivity (Wildman–Crippen MR) is 76.4 cm³/mol. The molecule has 2 rings (SSSR count). The number of hydrogen-bond acceptors (Lipinski definition) is 3. The minimum atomic E-state index is 0.730. The van der Waals surface area contributed by atoms with Crippen molar-refractivity contribution < 1.29 is 4.74 Å². The Balaban J connectivity index is 1.66. The highest BCUT2D eigenvalue weighted by Gasteiger charge is 1.98. The van der Waals surface area contributed by atoms with E-state index in [2.05, 4.69) is 21.1 Å². The molecule has 0 bridgehead atoms. The molecular weight excluding hydrogens is 238 g/mol. The van der Waals surface area contributed by atoms with Crippen LogP contribution in [-0.2, 0) is 13.0 Å². The highest BCUT2D eigenvalue weighted by molar-refractivity contribution is 5.20. The Morgan fingerprint density at radius 3 is 2.89 bits per heavy atom.